The Morgan fingerprint density at radius 2 is 1.91 bits per heavy atom. The summed E-state index contributed by atoms with van der Waals surface area (Å²) in [6.07, 6.45) is 4.12. The van der Waals surface area contributed by atoms with Gasteiger partial charge in [-0.05, 0) is 39.3 Å². The van der Waals surface area contributed by atoms with E-state index in [9.17, 15) is 4.79 Å². The summed E-state index contributed by atoms with van der Waals surface area (Å²) in [4.78, 5) is 14.9. The third-order valence-corrected chi connectivity index (χ3v) is 4.06. The van der Waals surface area contributed by atoms with Crippen LogP contribution in [0.4, 0.5) is 0 Å². The van der Waals surface area contributed by atoms with E-state index in [1.807, 2.05) is 27.7 Å². The molecule has 1 aromatic rings. The van der Waals surface area contributed by atoms with E-state index in [0.717, 1.165) is 6.08 Å². The van der Waals surface area contributed by atoms with Crippen LogP contribution in [0.2, 0.25) is 0 Å². The van der Waals surface area contributed by atoms with Crippen molar-refractivity contribution in [1.29, 1.82) is 0 Å². The van der Waals surface area contributed by atoms with Crippen molar-refractivity contribution in [3.63, 3.8) is 0 Å². The lowest BCUT2D eigenvalue weighted by Crippen LogP contribution is -2.41. The van der Waals surface area contributed by atoms with Crippen LogP contribution >= 0.6 is 0 Å². The number of pyridine rings is 1. The van der Waals surface area contributed by atoms with Gasteiger partial charge in [0, 0.05) is 23.8 Å². The topological polar surface area (TPSA) is 77.9 Å². The summed E-state index contributed by atoms with van der Waals surface area (Å²) in [6.45, 7) is 7.82. The number of rotatable bonds is 4. The van der Waals surface area contributed by atoms with Gasteiger partial charge in [0.1, 0.15) is 0 Å². The first-order chi connectivity index (χ1) is 10.2. The number of carboxylic acids is 1. The quantitative estimate of drug-likeness (QED) is 0.671. The highest BCUT2D eigenvalue weighted by Crippen LogP contribution is 2.36. The van der Waals surface area contributed by atoms with Gasteiger partial charge in [0.15, 0.2) is 0 Å². The Hall–Kier alpha value is -1.86. The van der Waals surface area contributed by atoms with Crippen LogP contribution in [0.15, 0.2) is 18.3 Å². The highest BCUT2D eigenvalue weighted by atomic mass is 16.7. The summed E-state index contributed by atoms with van der Waals surface area (Å²) in [6, 6.07) is 1.65. The molecule has 2 rings (SSSR count). The monoisotopic (exact) mass is 305 g/mol. The van der Waals surface area contributed by atoms with Crippen molar-refractivity contribution >= 4 is 24.6 Å². The normalized spacial score (nSPS) is 19.6. The van der Waals surface area contributed by atoms with E-state index in [1.54, 1.807) is 12.3 Å². The third-order valence-electron chi connectivity index (χ3n) is 4.06. The summed E-state index contributed by atoms with van der Waals surface area (Å²) < 4.78 is 17.1. The fraction of sp³-hybridized carbons (Fsp3) is 0.467. The molecule has 7 heteroatoms. The maximum Gasteiger partial charge on any atom is 0.497 e. The number of nitrogens with zero attached hydrogens (tertiary/aromatic N) is 1. The molecule has 1 saturated heterocycles. The van der Waals surface area contributed by atoms with E-state index in [0.29, 0.717) is 16.9 Å². The second-order valence-electron chi connectivity index (χ2n) is 6.12. The van der Waals surface area contributed by atoms with Crippen LogP contribution in [-0.4, -0.2) is 41.5 Å². The number of methoxy groups -OCH3 is 1. The van der Waals surface area contributed by atoms with E-state index in [-0.39, 0.29) is 0 Å². The van der Waals surface area contributed by atoms with Gasteiger partial charge in [-0.3, -0.25) is 0 Å². The zero-order valence-corrected chi connectivity index (χ0v) is 13.4. The van der Waals surface area contributed by atoms with Crippen LogP contribution in [0.5, 0.6) is 5.88 Å². The zero-order chi connectivity index (χ0) is 16.5. The lowest BCUT2D eigenvalue weighted by atomic mass is 9.77. The number of hydrogen-bond donors (Lipinski definition) is 1. The van der Waals surface area contributed by atoms with Gasteiger partial charge in [0.2, 0.25) is 5.88 Å². The number of ether oxygens (including phenoxy) is 1. The minimum Gasteiger partial charge on any atom is -0.481 e. The average Bonchev–Trinajstić information content (AvgIpc) is 2.64. The number of carboxylic acid groups (broad SMARTS) is 1. The summed E-state index contributed by atoms with van der Waals surface area (Å²) in [5.41, 5.74) is 0.334. The first-order valence-electron chi connectivity index (χ1n) is 6.97. The highest BCUT2D eigenvalue weighted by molar-refractivity contribution is 6.63. The molecule has 0 spiro atoms. The molecular formula is C15H20BNO5. The van der Waals surface area contributed by atoms with Gasteiger partial charge in [-0.25, -0.2) is 9.78 Å². The number of hydrogen-bond acceptors (Lipinski definition) is 5. The molecule has 0 radical (unpaired) electrons. The second-order valence-corrected chi connectivity index (χ2v) is 6.12. The first-order valence-corrected chi connectivity index (χ1v) is 6.97. The Bertz CT molecular complexity index is 596. The molecule has 1 aliphatic heterocycles. The van der Waals surface area contributed by atoms with Crippen LogP contribution in [-0.2, 0) is 14.1 Å². The Morgan fingerprint density at radius 3 is 2.41 bits per heavy atom. The summed E-state index contributed by atoms with van der Waals surface area (Å²) in [5, 5.41) is 8.83. The lowest BCUT2D eigenvalue weighted by Gasteiger charge is -2.32. The maximum absolute atomic E-state index is 10.8. The molecular weight excluding hydrogens is 285 g/mol. The van der Waals surface area contributed by atoms with Crippen molar-refractivity contribution in [1.82, 2.24) is 4.98 Å². The van der Waals surface area contributed by atoms with Crippen molar-refractivity contribution in [3.8, 4) is 5.88 Å². The van der Waals surface area contributed by atoms with E-state index < -0.39 is 24.3 Å². The molecule has 118 valence electrons. The fourth-order valence-corrected chi connectivity index (χ4v) is 2.05. The minimum absolute atomic E-state index is 0.394. The molecule has 1 N–H and O–H groups in total. The fourth-order valence-electron chi connectivity index (χ4n) is 2.05. The first kappa shape index (κ1) is 16.5. The van der Waals surface area contributed by atoms with Crippen molar-refractivity contribution in [2.75, 3.05) is 7.11 Å². The number of aromatic nitrogens is 1. The average molecular weight is 305 g/mol. The Labute approximate surface area is 130 Å². The van der Waals surface area contributed by atoms with Gasteiger partial charge in [0.25, 0.3) is 0 Å². The van der Waals surface area contributed by atoms with Gasteiger partial charge in [-0.1, -0.05) is 0 Å². The number of aliphatic carboxylic acids is 1. The second kappa shape index (κ2) is 5.74. The molecule has 0 bridgehead atoms. The molecule has 0 saturated carbocycles. The number of carbonyl (C=O) groups is 1. The molecule has 22 heavy (non-hydrogen) atoms. The Kier molecular flexibility index (Phi) is 4.31. The van der Waals surface area contributed by atoms with E-state index in [4.69, 9.17) is 19.2 Å². The molecule has 0 unspecified atom stereocenters. The molecule has 0 aliphatic carbocycles. The molecule has 1 aromatic heterocycles. The van der Waals surface area contributed by atoms with E-state index in [2.05, 4.69) is 4.98 Å². The Balaban J connectivity index is 2.41. The predicted molar refractivity (Wildman–Crippen MR) is 83.2 cm³/mol. The molecule has 1 aliphatic rings. The molecule has 0 aromatic carbocycles. The summed E-state index contributed by atoms with van der Waals surface area (Å²) in [7, 11) is 0.887. The smallest absolute Gasteiger partial charge is 0.481 e. The largest absolute Gasteiger partial charge is 0.497 e. The van der Waals surface area contributed by atoms with Crippen LogP contribution in [0.1, 0.15) is 33.3 Å². The van der Waals surface area contributed by atoms with Gasteiger partial charge in [-0.15, -0.1) is 0 Å². The van der Waals surface area contributed by atoms with E-state index in [1.165, 1.54) is 13.2 Å². The third kappa shape index (κ3) is 3.15. The molecule has 6 nitrogen and oxygen atoms in total. The van der Waals surface area contributed by atoms with Gasteiger partial charge in [-0.2, -0.15) is 0 Å². The van der Waals surface area contributed by atoms with Crippen LogP contribution < -0.4 is 10.2 Å². The molecule has 0 atom stereocenters. The standard InChI is InChI=1S/C15H20BNO5/c1-14(2)15(3,4)22-16(21-14)11-9-17-12(20-5)8-10(11)6-7-13(18)19/h6-9H,1-5H3,(H,18,19). The summed E-state index contributed by atoms with van der Waals surface area (Å²) >= 11 is 0. The van der Waals surface area contributed by atoms with Crippen LogP contribution in [0, 0.1) is 0 Å². The van der Waals surface area contributed by atoms with Gasteiger partial charge >= 0.3 is 13.1 Å². The van der Waals surface area contributed by atoms with Crippen molar-refractivity contribution in [2.45, 2.75) is 38.9 Å². The van der Waals surface area contributed by atoms with Crippen molar-refractivity contribution in [3.05, 3.63) is 23.9 Å². The van der Waals surface area contributed by atoms with Gasteiger partial charge in [0.05, 0.1) is 18.3 Å². The van der Waals surface area contributed by atoms with Crippen molar-refractivity contribution in [2.24, 2.45) is 0 Å². The summed E-state index contributed by atoms with van der Waals surface area (Å²) in [5.74, 6) is -0.638. The highest BCUT2D eigenvalue weighted by Gasteiger charge is 2.52. The molecule has 2 heterocycles. The predicted octanol–water partition coefficient (Wildman–Crippen LogP) is 1.49. The van der Waals surface area contributed by atoms with Crippen LogP contribution in [0.25, 0.3) is 6.08 Å². The molecule has 0 amide bonds. The Morgan fingerprint density at radius 1 is 1.32 bits per heavy atom. The minimum atomic E-state index is -1.03. The lowest BCUT2D eigenvalue weighted by molar-refractivity contribution is -0.131. The van der Waals surface area contributed by atoms with Crippen LogP contribution in [0.3, 0.4) is 0 Å². The molecule has 1 fully saturated rings. The van der Waals surface area contributed by atoms with Crippen molar-refractivity contribution < 1.29 is 23.9 Å². The van der Waals surface area contributed by atoms with E-state index >= 15 is 0 Å². The maximum atomic E-state index is 10.8. The zero-order valence-electron chi connectivity index (χ0n) is 13.4. The SMILES string of the molecule is COc1cc(C=CC(=O)O)c(B2OC(C)(C)C(C)(C)O2)cn1. The van der Waals surface area contributed by atoms with Gasteiger partial charge < -0.3 is 19.2 Å².